The zero-order chi connectivity index (χ0) is 15.4. The monoisotopic (exact) mass is 292 g/mol. The molecular weight excluding hydrogens is 264 g/mol. The minimum Gasteiger partial charge on any atom is -0.305 e. The lowest BCUT2D eigenvalue weighted by atomic mass is 10.0. The third-order valence-corrected chi connectivity index (χ3v) is 6.76. The Kier molecular flexibility index (Phi) is 3.43. The molecule has 0 bridgehead atoms. The Morgan fingerprint density at radius 3 is 2.19 bits per heavy atom. The lowest BCUT2D eigenvalue weighted by molar-refractivity contribution is -0.141. The molecule has 3 aliphatic rings. The first-order chi connectivity index (χ1) is 9.76. The second kappa shape index (κ2) is 4.80. The van der Waals surface area contributed by atoms with Gasteiger partial charge in [0.2, 0.25) is 11.8 Å². The molecule has 1 heterocycles. The molecule has 0 aromatic rings. The van der Waals surface area contributed by atoms with Crippen molar-refractivity contribution in [1.29, 1.82) is 0 Å². The highest BCUT2D eigenvalue weighted by Crippen LogP contribution is 2.67. The molecule has 2 aliphatic carbocycles. The van der Waals surface area contributed by atoms with Crippen molar-refractivity contribution < 1.29 is 9.59 Å². The molecule has 21 heavy (non-hydrogen) atoms. The van der Waals surface area contributed by atoms with E-state index in [1.54, 1.807) is 4.90 Å². The fraction of sp³-hybridized carbons (Fsp3) is 0.882. The fourth-order valence-electron chi connectivity index (χ4n) is 4.46. The van der Waals surface area contributed by atoms with E-state index in [1.165, 1.54) is 0 Å². The predicted octanol–water partition coefficient (Wildman–Crippen LogP) is 2.33. The van der Waals surface area contributed by atoms with Crippen LogP contribution in [0.1, 0.15) is 59.8 Å². The SMILES string of the molecule is CC1(C)C(CNC2CC(=O)N(C3CCCC3)C2=O)C1(C)C. The summed E-state index contributed by atoms with van der Waals surface area (Å²) in [5, 5.41) is 3.38. The average Bonchev–Trinajstić information content (AvgIpc) is 2.85. The van der Waals surface area contributed by atoms with Crippen LogP contribution in [0.5, 0.6) is 0 Å². The molecule has 1 N–H and O–H groups in total. The molecule has 4 heteroatoms. The minimum atomic E-state index is -0.287. The lowest BCUT2D eigenvalue weighted by Crippen LogP contribution is -2.43. The summed E-state index contributed by atoms with van der Waals surface area (Å²) in [5.41, 5.74) is 0.633. The fourth-order valence-corrected chi connectivity index (χ4v) is 4.46. The molecule has 2 saturated carbocycles. The Balaban J connectivity index is 1.58. The van der Waals surface area contributed by atoms with E-state index in [1.807, 2.05) is 0 Å². The summed E-state index contributed by atoms with van der Waals surface area (Å²) in [6, 6.07) is -0.115. The third-order valence-electron chi connectivity index (χ3n) is 6.76. The summed E-state index contributed by atoms with van der Waals surface area (Å²) in [4.78, 5) is 26.2. The maximum absolute atomic E-state index is 12.5. The maximum atomic E-state index is 12.5. The molecule has 118 valence electrons. The van der Waals surface area contributed by atoms with E-state index in [0.717, 1.165) is 32.2 Å². The van der Waals surface area contributed by atoms with Crippen LogP contribution >= 0.6 is 0 Å². The number of hydrogen-bond donors (Lipinski definition) is 1. The zero-order valence-electron chi connectivity index (χ0n) is 13.7. The number of carbonyl (C=O) groups excluding carboxylic acids is 2. The van der Waals surface area contributed by atoms with Gasteiger partial charge in [-0.25, -0.2) is 0 Å². The summed E-state index contributed by atoms with van der Waals surface area (Å²) >= 11 is 0. The molecule has 2 amide bonds. The van der Waals surface area contributed by atoms with E-state index in [9.17, 15) is 9.59 Å². The second-order valence-electron chi connectivity index (χ2n) is 8.20. The topological polar surface area (TPSA) is 49.4 Å². The van der Waals surface area contributed by atoms with E-state index < -0.39 is 0 Å². The molecule has 1 atom stereocenters. The highest BCUT2D eigenvalue weighted by atomic mass is 16.2. The van der Waals surface area contributed by atoms with Crippen LogP contribution < -0.4 is 5.32 Å². The highest BCUT2D eigenvalue weighted by Gasteiger charge is 2.64. The summed E-state index contributed by atoms with van der Waals surface area (Å²) in [5.74, 6) is 0.621. The Bertz CT molecular complexity index is 449. The van der Waals surface area contributed by atoms with Gasteiger partial charge in [0.15, 0.2) is 0 Å². The first-order valence-electron chi connectivity index (χ1n) is 8.36. The van der Waals surface area contributed by atoms with Crippen molar-refractivity contribution in [3.8, 4) is 0 Å². The van der Waals surface area contributed by atoms with Gasteiger partial charge < -0.3 is 5.32 Å². The molecule has 0 spiro atoms. The number of carbonyl (C=O) groups is 2. The largest absolute Gasteiger partial charge is 0.305 e. The van der Waals surface area contributed by atoms with Gasteiger partial charge in [0.25, 0.3) is 0 Å². The van der Waals surface area contributed by atoms with Gasteiger partial charge in [-0.3, -0.25) is 14.5 Å². The number of hydrogen-bond acceptors (Lipinski definition) is 3. The van der Waals surface area contributed by atoms with Gasteiger partial charge in [-0.15, -0.1) is 0 Å². The average molecular weight is 292 g/mol. The van der Waals surface area contributed by atoms with Crippen LogP contribution in [0.15, 0.2) is 0 Å². The first kappa shape index (κ1) is 15.0. The number of likely N-dealkylation sites (tertiary alicyclic amines) is 1. The number of imide groups is 1. The molecule has 1 saturated heterocycles. The molecule has 3 rings (SSSR count). The molecule has 1 unspecified atom stereocenters. The molecule has 3 fully saturated rings. The lowest BCUT2D eigenvalue weighted by Gasteiger charge is -2.22. The van der Waals surface area contributed by atoms with Gasteiger partial charge in [-0.2, -0.15) is 0 Å². The number of amides is 2. The van der Waals surface area contributed by atoms with Crippen molar-refractivity contribution in [3.05, 3.63) is 0 Å². The molecule has 0 aromatic heterocycles. The molecule has 0 radical (unpaired) electrons. The van der Waals surface area contributed by atoms with Gasteiger partial charge in [-0.05, 0) is 36.1 Å². The van der Waals surface area contributed by atoms with Crippen molar-refractivity contribution >= 4 is 11.8 Å². The van der Waals surface area contributed by atoms with E-state index in [-0.39, 0.29) is 23.9 Å². The standard InChI is InChI=1S/C17H28N2O2/c1-16(2)13(17(16,3)4)10-18-12-9-14(20)19(15(12)21)11-7-5-6-8-11/h11-13,18H,5-10H2,1-4H3. The van der Waals surface area contributed by atoms with E-state index in [4.69, 9.17) is 0 Å². The van der Waals surface area contributed by atoms with E-state index in [0.29, 0.717) is 23.2 Å². The van der Waals surface area contributed by atoms with Crippen molar-refractivity contribution in [3.63, 3.8) is 0 Å². The first-order valence-corrected chi connectivity index (χ1v) is 8.36. The van der Waals surface area contributed by atoms with Crippen molar-refractivity contribution in [2.45, 2.75) is 71.9 Å². The number of rotatable bonds is 4. The van der Waals surface area contributed by atoms with Crippen LogP contribution in [0.2, 0.25) is 0 Å². The highest BCUT2D eigenvalue weighted by molar-refractivity contribution is 6.05. The van der Waals surface area contributed by atoms with Gasteiger partial charge in [0, 0.05) is 6.04 Å². The minimum absolute atomic E-state index is 0.0168. The Labute approximate surface area is 127 Å². The van der Waals surface area contributed by atoms with Gasteiger partial charge in [0.1, 0.15) is 0 Å². The Hall–Kier alpha value is -0.900. The normalized spacial score (nSPS) is 32.2. The summed E-state index contributed by atoms with van der Waals surface area (Å²) in [6.07, 6.45) is 4.62. The summed E-state index contributed by atoms with van der Waals surface area (Å²) in [7, 11) is 0. The van der Waals surface area contributed by atoms with E-state index >= 15 is 0 Å². The Morgan fingerprint density at radius 2 is 1.67 bits per heavy atom. The molecular formula is C17H28N2O2. The van der Waals surface area contributed by atoms with Gasteiger partial charge >= 0.3 is 0 Å². The summed E-state index contributed by atoms with van der Waals surface area (Å²) < 4.78 is 0. The third kappa shape index (κ3) is 2.23. The quantitative estimate of drug-likeness (QED) is 0.809. The van der Waals surface area contributed by atoms with Crippen molar-refractivity contribution in [1.82, 2.24) is 10.2 Å². The number of nitrogens with one attached hydrogen (secondary N) is 1. The van der Waals surface area contributed by atoms with Crippen LogP contribution in [0.3, 0.4) is 0 Å². The van der Waals surface area contributed by atoms with Crippen LogP contribution in [0.4, 0.5) is 0 Å². The van der Waals surface area contributed by atoms with Gasteiger partial charge in [0.05, 0.1) is 12.5 Å². The predicted molar refractivity (Wildman–Crippen MR) is 81.6 cm³/mol. The van der Waals surface area contributed by atoms with Gasteiger partial charge in [-0.1, -0.05) is 40.5 Å². The van der Waals surface area contributed by atoms with Crippen molar-refractivity contribution in [2.75, 3.05) is 6.54 Å². The molecule has 0 aromatic carbocycles. The van der Waals surface area contributed by atoms with Crippen LogP contribution in [0.25, 0.3) is 0 Å². The van der Waals surface area contributed by atoms with Crippen LogP contribution in [0, 0.1) is 16.7 Å². The van der Waals surface area contributed by atoms with Crippen LogP contribution in [-0.4, -0.2) is 35.3 Å². The smallest absolute Gasteiger partial charge is 0.247 e. The van der Waals surface area contributed by atoms with Crippen LogP contribution in [-0.2, 0) is 9.59 Å². The molecule has 4 nitrogen and oxygen atoms in total. The maximum Gasteiger partial charge on any atom is 0.247 e. The van der Waals surface area contributed by atoms with Crippen molar-refractivity contribution in [2.24, 2.45) is 16.7 Å². The summed E-state index contributed by atoms with van der Waals surface area (Å²) in [6.45, 7) is 9.97. The molecule has 1 aliphatic heterocycles. The van der Waals surface area contributed by atoms with E-state index in [2.05, 4.69) is 33.0 Å². The Morgan fingerprint density at radius 1 is 1.10 bits per heavy atom. The number of nitrogens with zero attached hydrogens (tertiary/aromatic N) is 1. The zero-order valence-corrected chi connectivity index (χ0v) is 13.7. The second-order valence-corrected chi connectivity index (χ2v) is 8.20.